The highest BCUT2D eigenvalue weighted by molar-refractivity contribution is 8.06. The van der Waals surface area contributed by atoms with Crippen molar-refractivity contribution in [1.82, 2.24) is 0 Å². The van der Waals surface area contributed by atoms with E-state index < -0.39 is 0 Å². The Morgan fingerprint density at radius 3 is 2.18 bits per heavy atom. The van der Waals surface area contributed by atoms with E-state index in [9.17, 15) is 0 Å². The lowest BCUT2D eigenvalue weighted by Crippen LogP contribution is -2.16. The Morgan fingerprint density at radius 2 is 1.59 bits per heavy atom. The van der Waals surface area contributed by atoms with Crippen LogP contribution in [0.15, 0.2) is 51.4 Å². The fraction of sp³-hybridized carbons (Fsp3) is 0.368. The fourth-order valence-corrected chi connectivity index (χ4v) is 6.61. The molecule has 2 aliphatic rings. The van der Waals surface area contributed by atoms with Crippen LogP contribution in [0.3, 0.4) is 0 Å². The second kappa shape index (κ2) is 6.77. The Kier molecular flexibility index (Phi) is 4.56. The first-order chi connectivity index (χ1) is 10.9. The molecule has 1 aliphatic heterocycles. The van der Waals surface area contributed by atoms with Gasteiger partial charge in [-0.05, 0) is 47.1 Å². The first-order valence-electron chi connectivity index (χ1n) is 8.09. The van der Waals surface area contributed by atoms with Crippen LogP contribution in [0.5, 0.6) is 0 Å². The Hall–Kier alpha value is -0.770. The summed E-state index contributed by atoms with van der Waals surface area (Å²) in [4.78, 5) is 4.45. The van der Waals surface area contributed by atoms with Gasteiger partial charge in [0.05, 0.1) is 0 Å². The Labute approximate surface area is 145 Å². The van der Waals surface area contributed by atoms with Gasteiger partial charge >= 0.3 is 0 Å². The maximum atomic E-state index is 2.47. The van der Waals surface area contributed by atoms with Crippen LogP contribution in [0.25, 0.3) is 5.57 Å². The third kappa shape index (κ3) is 2.86. The van der Waals surface area contributed by atoms with Gasteiger partial charge in [-0.1, -0.05) is 37.5 Å². The van der Waals surface area contributed by atoms with Gasteiger partial charge in [-0.25, -0.2) is 0 Å². The zero-order valence-electron chi connectivity index (χ0n) is 12.5. The zero-order valence-corrected chi connectivity index (χ0v) is 15.0. The second-order valence-corrected chi connectivity index (χ2v) is 8.91. The van der Waals surface area contributed by atoms with Crippen LogP contribution in [0.1, 0.15) is 41.9 Å². The molecule has 0 saturated heterocycles. The number of hydrogen-bond donors (Lipinski definition) is 0. The van der Waals surface area contributed by atoms with E-state index in [2.05, 4.69) is 46.5 Å². The molecule has 2 aromatic rings. The summed E-state index contributed by atoms with van der Waals surface area (Å²) in [7, 11) is 0. The topological polar surface area (TPSA) is 0 Å². The molecule has 3 heterocycles. The van der Waals surface area contributed by atoms with E-state index >= 15 is 0 Å². The Balaban J connectivity index is 1.77. The summed E-state index contributed by atoms with van der Waals surface area (Å²) in [6.07, 6.45) is 9.54. The smallest absolute Gasteiger partial charge is 0.0365 e. The van der Waals surface area contributed by atoms with Crippen molar-refractivity contribution >= 4 is 40.0 Å². The number of thioether (sulfide) groups is 1. The molecule has 0 N–H and O–H groups in total. The summed E-state index contributed by atoms with van der Waals surface area (Å²) in [5.41, 5.74) is 1.50. The molecule has 1 saturated carbocycles. The fourth-order valence-electron chi connectivity index (χ4n) is 3.66. The highest BCUT2D eigenvalue weighted by Crippen LogP contribution is 2.49. The van der Waals surface area contributed by atoms with Crippen LogP contribution in [-0.2, 0) is 0 Å². The first-order valence-corrected chi connectivity index (χ1v) is 10.7. The normalized spacial score (nSPS) is 22.4. The van der Waals surface area contributed by atoms with Crippen molar-refractivity contribution < 1.29 is 0 Å². The van der Waals surface area contributed by atoms with Gasteiger partial charge in [0.25, 0.3) is 0 Å². The lowest BCUT2D eigenvalue weighted by molar-refractivity contribution is 0.317. The molecule has 114 valence electrons. The van der Waals surface area contributed by atoms with E-state index in [1.807, 2.05) is 34.4 Å². The average molecular weight is 345 g/mol. The first kappa shape index (κ1) is 14.8. The second-order valence-electron chi connectivity index (χ2n) is 6.06. The van der Waals surface area contributed by atoms with Crippen molar-refractivity contribution in [3.8, 4) is 0 Å². The van der Waals surface area contributed by atoms with Gasteiger partial charge in [0.2, 0.25) is 0 Å². The monoisotopic (exact) mass is 344 g/mol. The van der Waals surface area contributed by atoms with Gasteiger partial charge in [0.15, 0.2) is 0 Å². The summed E-state index contributed by atoms with van der Waals surface area (Å²) < 4.78 is 0. The lowest BCUT2D eigenvalue weighted by Gasteiger charge is -2.28. The van der Waals surface area contributed by atoms with Gasteiger partial charge in [0, 0.05) is 26.2 Å². The van der Waals surface area contributed by atoms with E-state index in [1.54, 1.807) is 4.91 Å². The number of rotatable bonds is 3. The predicted octanol–water partition coefficient (Wildman–Crippen LogP) is 7.03. The predicted molar refractivity (Wildman–Crippen MR) is 101 cm³/mol. The van der Waals surface area contributed by atoms with E-state index in [1.165, 1.54) is 47.4 Å². The SMILES string of the molecule is C1=CC(C2CCCCC2)C(=C(c2cccs2)c2cccs2)S1. The van der Waals surface area contributed by atoms with Crippen molar-refractivity contribution in [2.75, 3.05) is 0 Å². The van der Waals surface area contributed by atoms with Gasteiger partial charge in [-0.2, -0.15) is 0 Å². The Morgan fingerprint density at radius 1 is 0.909 bits per heavy atom. The molecule has 0 bridgehead atoms. The maximum absolute atomic E-state index is 2.47. The van der Waals surface area contributed by atoms with Gasteiger partial charge in [0.1, 0.15) is 0 Å². The number of allylic oxidation sites excluding steroid dienone is 2. The minimum atomic E-state index is 0.643. The summed E-state index contributed by atoms with van der Waals surface area (Å²) >= 11 is 5.71. The highest BCUT2D eigenvalue weighted by atomic mass is 32.2. The highest BCUT2D eigenvalue weighted by Gasteiger charge is 2.30. The van der Waals surface area contributed by atoms with Crippen molar-refractivity contribution in [2.24, 2.45) is 11.8 Å². The molecule has 0 radical (unpaired) electrons. The van der Waals surface area contributed by atoms with Gasteiger partial charge < -0.3 is 0 Å². The van der Waals surface area contributed by atoms with Gasteiger partial charge in [-0.3, -0.25) is 0 Å². The molecule has 1 aliphatic carbocycles. The van der Waals surface area contributed by atoms with Gasteiger partial charge in [-0.15, -0.1) is 34.4 Å². The molecule has 22 heavy (non-hydrogen) atoms. The van der Waals surface area contributed by atoms with Crippen molar-refractivity contribution in [3.05, 3.63) is 61.2 Å². The molecule has 4 rings (SSSR count). The molecule has 0 spiro atoms. The molecule has 0 aromatic carbocycles. The maximum Gasteiger partial charge on any atom is 0.0365 e. The lowest BCUT2D eigenvalue weighted by atomic mass is 9.79. The number of hydrogen-bond acceptors (Lipinski definition) is 3. The third-order valence-corrected chi connectivity index (χ3v) is 7.52. The van der Waals surface area contributed by atoms with Crippen LogP contribution in [0.4, 0.5) is 0 Å². The summed E-state index contributed by atoms with van der Waals surface area (Å²) in [6.45, 7) is 0. The number of thiophene rings is 2. The third-order valence-electron chi connectivity index (χ3n) is 4.72. The standard InChI is InChI=1S/C19H20S3/c1-2-6-14(7-3-1)15-10-13-22-19(15)18(16-8-4-11-20-16)17-9-5-12-21-17/h4-5,8-15H,1-3,6-7H2. The van der Waals surface area contributed by atoms with Crippen molar-refractivity contribution in [2.45, 2.75) is 32.1 Å². The van der Waals surface area contributed by atoms with E-state index in [-0.39, 0.29) is 0 Å². The van der Waals surface area contributed by atoms with E-state index in [0.717, 1.165) is 5.92 Å². The van der Waals surface area contributed by atoms with E-state index in [0.29, 0.717) is 5.92 Å². The minimum absolute atomic E-state index is 0.643. The zero-order chi connectivity index (χ0) is 14.8. The molecular weight excluding hydrogens is 324 g/mol. The molecule has 1 atom stereocenters. The van der Waals surface area contributed by atoms with Crippen LogP contribution >= 0.6 is 34.4 Å². The van der Waals surface area contributed by atoms with Crippen LogP contribution in [0.2, 0.25) is 0 Å². The Bertz CT molecular complexity index is 619. The molecule has 0 amide bonds. The summed E-state index contributed by atoms with van der Waals surface area (Å²) in [5, 5.41) is 6.73. The molecule has 2 aromatic heterocycles. The quantitative estimate of drug-likeness (QED) is 0.576. The average Bonchev–Trinajstić information content (AvgIpc) is 3.32. The minimum Gasteiger partial charge on any atom is -0.144 e. The molecule has 1 fully saturated rings. The molecule has 1 unspecified atom stereocenters. The van der Waals surface area contributed by atoms with Crippen molar-refractivity contribution in [1.29, 1.82) is 0 Å². The van der Waals surface area contributed by atoms with Crippen LogP contribution in [-0.4, -0.2) is 0 Å². The molecule has 3 heteroatoms. The van der Waals surface area contributed by atoms with E-state index in [4.69, 9.17) is 0 Å². The molecule has 0 nitrogen and oxygen atoms in total. The van der Waals surface area contributed by atoms with Crippen LogP contribution in [0, 0.1) is 11.8 Å². The summed E-state index contributed by atoms with van der Waals surface area (Å²) in [6, 6.07) is 8.92. The summed E-state index contributed by atoms with van der Waals surface area (Å²) in [5.74, 6) is 1.49. The molecular formula is C19H20S3. The largest absolute Gasteiger partial charge is 0.144 e. The van der Waals surface area contributed by atoms with Crippen molar-refractivity contribution in [3.63, 3.8) is 0 Å². The van der Waals surface area contributed by atoms with Crippen LogP contribution < -0.4 is 0 Å².